The molecule has 2 rings (SSSR count). The van der Waals surface area contributed by atoms with Crippen LogP contribution in [0.25, 0.3) is 0 Å². The molecule has 17 heavy (non-hydrogen) atoms. The van der Waals surface area contributed by atoms with Gasteiger partial charge < -0.3 is 0 Å². The maximum atomic E-state index is 11.7. The van der Waals surface area contributed by atoms with E-state index in [-0.39, 0.29) is 35.6 Å². The van der Waals surface area contributed by atoms with Crippen LogP contribution in [0.5, 0.6) is 0 Å². The van der Waals surface area contributed by atoms with Crippen molar-refractivity contribution in [1.82, 2.24) is 15.4 Å². The third-order valence-electron chi connectivity index (χ3n) is 2.01. The van der Waals surface area contributed by atoms with E-state index in [9.17, 15) is 9.59 Å². The summed E-state index contributed by atoms with van der Waals surface area (Å²) in [6, 6.07) is 1.50. The van der Waals surface area contributed by atoms with Crippen LogP contribution in [0, 0.1) is 0 Å². The largest absolute Gasteiger partial charge is 0.289 e. The van der Waals surface area contributed by atoms with Crippen LogP contribution >= 0.6 is 11.6 Å². The Bertz CT molecular complexity index is 502. The molecule has 88 valence electrons. The third kappa shape index (κ3) is 2.97. The SMILES string of the molecule is O=C1CCC(C(=O)Nc2nccc(Cl)n2)=NN1. The number of hydrazone groups is 1. The van der Waals surface area contributed by atoms with E-state index in [1.807, 2.05) is 0 Å². The molecule has 0 saturated heterocycles. The maximum absolute atomic E-state index is 11.7. The van der Waals surface area contributed by atoms with E-state index in [1.165, 1.54) is 12.3 Å². The lowest BCUT2D eigenvalue weighted by Gasteiger charge is -2.10. The van der Waals surface area contributed by atoms with Gasteiger partial charge in [0.05, 0.1) is 0 Å². The zero-order valence-electron chi connectivity index (χ0n) is 8.61. The Balaban J connectivity index is 2.04. The molecule has 0 spiro atoms. The van der Waals surface area contributed by atoms with Gasteiger partial charge in [-0.2, -0.15) is 5.10 Å². The molecule has 0 radical (unpaired) electrons. The van der Waals surface area contributed by atoms with Gasteiger partial charge in [0.1, 0.15) is 10.9 Å². The molecule has 7 nitrogen and oxygen atoms in total. The normalized spacial score (nSPS) is 14.9. The lowest BCUT2D eigenvalue weighted by molar-refractivity contribution is -0.121. The summed E-state index contributed by atoms with van der Waals surface area (Å²) in [6.07, 6.45) is 1.95. The molecule has 2 heterocycles. The van der Waals surface area contributed by atoms with Crippen molar-refractivity contribution in [2.24, 2.45) is 5.10 Å². The predicted molar refractivity (Wildman–Crippen MR) is 60.5 cm³/mol. The fourth-order valence-corrected chi connectivity index (χ4v) is 1.34. The van der Waals surface area contributed by atoms with Crippen LogP contribution in [0.3, 0.4) is 0 Å². The van der Waals surface area contributed by atoms with Crippen molar-refractivity contribution in [2.45, 2.75) is 12.8 Å². The topological polar surface area (TPSA) is 96.3 Å². The number of nitrogens with one attached hydrogen (secondary N) is 2. The van der Waals surface area contributed by atoms with Crippen molar-refractivity contribution in [2.75, 3.05) is 5.32 Å². The molecule has 1 aromatic heterocycles. The minimum atomic E-state index is -0.452. The number of carbonyl (C=O) groups excluding carboxylic acids is 2. The molecule has 2 N–H and O–H groups in total. The fourth-order valence-electron chi connectivity index (χ4n) is 1.21. The molecule has 0 aliphatic carbocycles. The second-order valence-corrected chi connectivity index (χ2v) is 3.64. The summed E-state index contributed by atoms with van der Waals surface area (Å²) in [4.78, 5) is 30.1. The second kappa shape index (κ2) is 4.88. The van der Waals surface area contributed by atoms with Crippen LogP contribution < -0.4 is 10.7 Å². The van der Waals surface area contributed by atoms with Crippen LogP contribution in [0.4, 0.5) is 5.95 Å². The highest BCUT2D eigenvalue weighted by molar-refractivity contribution is 6.43. The average molecular weight is 254 g/mol. The first-order chi connectivity index (χ1) is 8.15. The summed E-state index contributed by atoms with van der Waals surface area (Å²) < 4.78 is 0. The molecule has 0 saturated carbocycles. The van der Waals surface area contributed by atoms with Crippen molar-refractivity contribution < 1.29 is 9.59 Å². The Labute approximate surface area is 101 Å². The van der Waals surface area contributed by atoms with Crippen LogP contribution in [-0.4, -0.2) is 27.5 Å². The molecule has 0 bridgehead atoms. The van der Waals surface area contributed by atoms with Gasteiger partial charge in [-0.25, -0.2) is 15.4 Å². The van der Waals surface area contributed by atoms with Gasteiger partial charge in [0.15, 0.2) is 0 Å². The van der Waals surface area contributed by atoms with Gasteiger partial charge in [-0.05, 0) is 6.07 Å². The molecule has 2 amide bonds. The van der Waals surface area contributed by atoms with E-state index in [1.54, 1.807) is 0 Å². The molecular formula is C9H8ClN5O2. The van der Waals surface area contributed by atoms with Gasteiger partial charge in [-0.1, -0.05) is 11.6 Å². The number of amides is 2. The summed E-state index contributed by atoms with van der Waals surface area (Å²) in [5.74, 6) is -0.560. The van der Waals surface area contributed by atoms with Crippen molar-refractivity contribution >= 4 is 35.1 Å². The van der Waals surface area contributed by atoms with Crippen molar-refractivity contribution in [3.63, 3.8) is 0 Å². The average Bonchev–Trinajstić information content (AvgIpc) is 2.29. The number of anilines is 1. The standard InChI is InChI=1S/C9H8ClN5O2/c10-6-3-4-11-9(12-6)13-8(17)5-1-2-7(16)15-14-5/h3-4H,1-2H2,(H,15,16)(H,11,12,13,17). The summed E-state index contributed by atoms with van der Waals surface area (Å²) in [5.41, 5.74) is 2.46. The monoisotopic (exact) mass is 253 g/mol. The Hall–Kier alpha value is -2.02. The van der Waals surface area contributed by atoms with E-state index >= 15 is 0 Å². The van der Waals surface area contributed by atoms with Crippen LogP contribution in [0.1, 0.15) is 12.8 Å². The number of rotatable bonds is 2. The van der Waals surface area contributed by atoms with E-state index in [4.69, 9.17) is 11.6 Å². The first-order valence-electron chi connectivity index (χ1n) is 4.80. The number of carbonyl (C=O) groups is 2. The molecule has 0 unspecified atom stereocenters. The number of nitrogens with zero attached hydrogens (tertiary/aromatic N) is 3. The van der Waals surface area contributed by atoms with Gasteiger partial charge in [0.2, 0.25) is 11.9 Å². The highest BCUT2D eigenvalue weighted by atomic mass is 35.5. The fraction of sp³-hybridized carbons (Fsp3) is 0.222. The summed E-state index contributed by atoms with van der Waals surface area (Å²) >= 11 is 5.64. The van der Waals surface area contributed by atoms with Gasteiger partial charge >= 0.3 is 0 Å². The number of hydrogen-bond acceptors (Lipinski definition) is 5. The Morgan fingerprint density at radius 2 is 2.29 bits per heavy atom. The van der Waals surface area contributed by atoms with Crippen molar-refractivity contribution in [3.05, 3.63) is 17.4 Å². The first-order valence-corrected chi connectivity index (χ1v) is 5.18. The molecule has 0 fully saturated rings. The highest BCUT2D eigenvalue weighted by Gasteiger charge is 2.18. The smallest absolute Gasteiger partial charge is 0.274 e. The predicted octanol–water partition coefficient (Wildman–Crippen LogP) is 0.334. The van der Waals surface area contributed by atoms with E-state index < -0.39 is 5.91 Å². The molecular weight excluding hydrogens is 246 g/mol. The molecule has 0 atom stereocenters. The lowest BCUT2D eigenvalue weighted by atomic mass is 10.2. The van der Waals surface area contributed by atoms with Crippen LogP contribution in [0.2, 0.25) is 5.15 Å². The second-order valence-electron chi connectivity index (χ2n) is 3.25. The lowest BCUT2D eigenvalue weighted by Crippen LogP contribution is -2.33. The van der Waals surface area contributed by atoms with Gasteiger partial charge in [-0.15, -0.1) is 0 Å². The molecule has 0 aromatic carbocycles. The molecule has 1 aliphatic rings. The summed E-state index contributed by atoms with van der Waals surface area (Å²) in [5, 5.41) is 6.32. The Morgan fingerprint density at radius 1 is 1.47 bits per heavy atom. The summed E-state index contributed by atoms with van der Waals surface area (Å²) in [6.45, 7) is 0. The van der Waals surface area contributed by atoms with E-state index in [0.717, 1.165) is 0 Å². The summed E-state index contributed by atoms with van der Waals surface area (Å²) in [7, 11) is 0. The quantitative estimate of drug-likeness (QED) is 0.743. The van der Waals surface area contributed by atoms with Crippen LogP contribution in [-0.2, 0) is 9.59 Å². The number of halogens is 1. The minimum Gasteiger partial charge on any atom is -0.289 e. The zero-order chi connectivity index (χ0) is 12.3. The maximum Gasteiger partial charge on any atom is 0.274 e. The highest BCUT2D eigenvalue weighted by Crippen LogP contribution is 2.07. The van der Waals surface area contributed by atoms with E-state index in [0.29, 0.717) is 0 Å². The molecule has 1 aromatic rings. The van der Waals surface area contributed by atoms with E-state index in [2.05, 4.69) is 25.8 Å². The van der Waals surface area contributed by atoms with Gasteiger partial charge in [0.25, 0.3) is 5.91 Å². The molecule has 8 heteroatoms. The molecule has 1 aliphatic heterocycles. The van der Waals surface area contributed by atoms with Crippen molar-refractivity contribution in [1.29, 1.82) is 0 Å². The number of aromatic nitrogens is 2. The van der Waals surface area contributed by atoms with Gasteiger partial charge in [0, 0.05) is 19.0 Å². The third-order valence-corrected chi connectivity index (χ3v) is 2.22. The first kappa shape index (κ1) is 11.5. The minimum absolute atomic E-state index is 0.0992. The zero-order valence-corrected chi connectivity index (χ0v) is 9.36. The Kier molecular flexibility index (Phi) is 3.29. The Morgan fingerprint density at radius 3 is 2.94 bits per heavy atom. The van der Waals surface area contributed by atoms with Crippen molar-refractivity contribution in [3.8, 4) is 0 Å². The van der Waals surface area contributed by atoms with Gasteiger partial charge in [-0.3, -0.25) is 14.9 Å². The van der Waals surface area contributed by atoms with Crippen LogP contribution in [0.15, 0.2) is 17.4 Å². The number of hydrogen-bond donors (Lipinski definition) is 2.